The van der Waals surface area contributed by atoms with Gasteiger partial charge in [0.15, 0.2) is 6.61 Å². The topological polar surface area (TPSA) is 44.8 Å². The summed E-state index contributed by atoms with van der Waals surface area (Å²) in [5.74, 6) is 1.09. The van der Waals surface area contributed by atoms with Crippen molar-refractivity contribution in [3.63, 3.8) is 0 Å². The van der Waals surface area contributed by atoms with Gasteiger partial charge in [-0.1, -0.05) is 32.0 Å². The Labute approximate surface area is 178 Å². The predicted octanol–water partition coefficient (Wildman–Crippen LogP) is 3.66. The molecule has 1 N–H and O–H groups in total. The third-order valence-corrected chi connectivity index (χ3v) is 6.47. The van der Waals surface area contributed by atoms with Gasteiger partial charge in [0, 0.05) is 37.6 Å². The fraction of sp³-hybridized carbons (Fsp3) is 0.522. The number of nitrogens with zero attached hydrogens (tertiary/aromatic N) is 2. The van der Waals surface area contributed by atoms with E-state index in [0.29, 0.717) is 12.5 Å². The van der Waals surface area contributed by atoms with Crippen LogP contribution in [0.1, 0.15) is 41.8 Å². The number of carbonyl (C=O) groups excluding carboxylic acids is 1. The van der Waals surface area contributed by atoms with Crippen LogP contribution in [0.25, 0.3) is 0 Å². The Balaban J connectivity index is 1.57. The van der Waals surface area contributed by atoms with Crippen molar-refractivity contribution in [3.8, 4) is 5.75 Å². The van der Waals surface area contributed by atoms with Crippen LogP contribution in [0.4, 0.5) is 0 Å². The van der Waals surface area contributed by atoms with Gasteiger partial charge in [0.25, 0.3) is 5.91 Å². The molecule has 1 fully saturated rings. The van der Waals surface area contributed by atoms with E-state index in [1.807, 2.05) is 13.0 Å². The van der Waals surface area contributed by atoms with Crippen LogP contribution < -0.4 is 10.1 Å². The quantitative estimate of drug-likeness (QED) is 0.715. The second kappa shape index (κ2) is 10.2. The first-order valence-electron chi connectivity index (χ1n) is 10.4. The highest BCUT2D eigenvalue weighted by Crippen LogP contribution is 2.28. The molecule has 0 aliphatic carbocycles. The van der Waals surface area contributed by atoms with Crippen molar-refractivity contribution >= 4 is 17.2 Å². The number of carbonyl (C=O) groups is 1. The second-order valence-corrected chi connectivity index (χ2v) is 9.14. The van der Waals surface area contributed by atoms with Crippen LogP contribution in [0.3, 0.4) is 0 Å². The van der Waals surface area contributed by atoms with Crippen LogP contribution in [0.5, 0.6) is 5.75 Å². The molecule has 2 aromatic rings. The minimum Gasteiger partial charge on any atom is -0.483 e. The molecule has 1 saturated heterocycles. The highest BCUT2D eigenvalue weighted by molar-refractivity contribution is 7.10. The van der Waals surface area contributed by atoms with Crippen molar-refractivity contribution in [3.05, 3.63) is 51.7 Å². The molecule has 0 saturated carbocycles. The van der Waals surface area contributed by atoms with Gasteiger partial charge in [-0.25, -0.2) is 0 Å². The average Bonchev–Trinajstić information content (AvgIpc) is 3.22. The maximum atomic E-state index is 12.5. The van der Waals surface area contributed by atoms with Crippen molar-refractivity contribution in [1.29, 1.82) is 0 Å². The van der Waals surface area contributed by atoms with Gasteiger partial charge >= 0.3 is 0 Å². The summed E-state index contributed by atoms with van der Waals surface area (Å²) in [6.07, 6.45) is 0. The molecule has 1 atom stereocenters. The number of benzene rings is 1. The summed E-state index contributed by atoms with van der Waals surface area (Å²) in [5.41, 5.74) is 2.27. The lowest BCUT2D eigenvalue weighted by molar-refractivity contribution is -0.123. The van der Waals surface area contributed by atoms with E-state index in [9.17, 15) is 4.79 Å². The molecule has 158 valence electrons. The Morgan fingerprint density at radius 2 is 1.97 bits per heavy atom. The molecule has 6 heteroatoms. The van der Waals surface area contributed by atoms with Gasteiger partial charge in [-0.15, -0.1) is 11.3 Å². The SMILES string of the molecule is Cc1ccc(C(C)C)c(OCC(=O)NC[C@H](c2cccs2)N2CCN(C)CC2)c1. The number of hydrogen-bond acceptors (Lipinski definition) is 5. The van der Waals surface area contributed by atoms with Crippen molar-refractivity contribution < 1.29 is 9.53 Å². The van der Waals surface area contributed by atoms with E-state index in [1.54, 1.807) is 11.3 Å². The largest absolute Gasteiger partial charge is 0.483 e. The van der Waals surface area contributed by atoms with Crippen molar-refractivity contribution in [1.82, 2.24) is 15.1 Å². The first-order chi connectivity index (χ1) is 13.9. The molecule has 1 aliphatic heterocycles. The molecule has 29 heavy (non-hydrogen) atoms. The monoisotopic (exact) mass is 415 g/mol. The molecule has 0 bridgehead atoms. The van der Waals surface area contributed by atoms with Gasteiger partial charge in [0.1, 0.15) is 5.75 Å². The molecule has 0 radical (unpaired) electrons. The zero-order chi connectivity index (χ0) is 20.8. The van der Waals surface area contributed by atoms with Crippen LogP contribution in [0, 0.1) is 6.92 Å². The zero-order valence-electron chi connectivity index (χ0n) is 18.0. The highest BCUT2D eigenvalue weighted by Gasteiger charge is 2.25. The number of rotatable bonds is 8. The molecule has 1 amide bonds. The maximum absolute atomic E-state index is 12.5. The Morgan fingerprint density at radius 3 is 2.62 bits per heavy atom. The molecular weight excluding hydrogens is 382 g/mol. The second-order valence-electron chi connectivity index (χ2n) is 8.16. The first-order valence-corrected chi connectivity index (χ1v) is 11.3. The van der Waals surface area contributed by atoms with E-state index in [-0.39, 0.29) is 18.6 Å². The number of amides is 1. The number of aryl methyl sites for hydroxylation is 1. The maximum Gasteiger partial charge on any atom is 0.258 e. The summed E-state index contributed by atoms with van der Waals surface area (Å²) >= 11 is 1.76. The average molecular weight is 416 g/mol. The van der Waals surface area contributed by atoms with Crippen LogP contribution in [-0.2, 0) is 4.79 Å². The number of nitrogens with one attached hydrogen (secondary N) is 1. The zero-order valence-corrected chi connectivity index (χ0v) is 18.8. The number of likely N-dealkylation sites (N-methyl/N-ethyl adjacent to an activating group) is 1. The van der Waals surface area contributed by atoms with E-state index >= 15 is 0 Å². The van der Waals surface area contributed by atoms with Crippen LogP contribution >= 0.6 is 11.3 Å². The summed E-state index contributed by atoms with van der Waals surface area (Å²) in [6.45, 7) is 11.1. The predicted molar refractivity (Wildman–Crippen MR) is 120 cm³/mol. The third kappa shape index (κ3) is 6.04. The van der Waals surface area contributed by atoms with Gasteiger partial charge in [-0.2, -0.15) is 0 Å². The van der Waals surface area contributed by atoms with Crippen LogP contribution in [0.15, 0.2) is 35.7 Å². The number of thiophene rings is 1. The minimum absolute atomic E-state index is 0.0447. The number of ether oxygens (including phenoxy) is 1. The van der Waals surface area contributed by atoms with Crippen molar-refractivity contribution in [2.24, 2.45) is 0 Å². The van der Waals surface area contributed by atoms with E-state index in [2.05, 4.69) is 65.7 Å². The highest BCUT2D eigenvalue weighted by atomic mass is 32.1. The molecular formula is C23H33N3O2S. The Hall–Kier alpha value is -1.89. The summed E-state index contributed by atoms with van der Waals surface area (Å²) in [6, 6.07) is 10.7. The summed E-state index contributed by atoms with van der Waals surface area (Å²) in [5, 5.41) is 5.21. The molecule has 2 heterocycles. The molecule has 0 spiro atoms. The van der Waals surface area contributed by atoms with E-state index in [1.165, 1.54) is 4.88 Å². The Bertz CT molecular complexity index is 783. The summed E-state index contributed by atoms with van der Waals surface area (Å²) in [4.78, 5) is 18.7. The first kappa shape index (κ1) is 21.8. The van der Waals surface area contributed by atoms with E-state index in [4.69, 9.17) is 4.74 Å². The fourth-order valence-electron chi connectivity index (χ4n) is 3.67. The lowest BCUT2D eigenvalue weighted by atomic mass is 10.0. The van der Waals surface area contributed by atoms with Crippen molar-refractivity contribution in [2.45, 2.75) is 32.7 Å². The summed E-state index contributed by atoms with van der Waals surface area (Å²) in [7, 11) is 2.16. The van der Waals surface area contributed by atoms with Gasteiger partial charge in [-0.05, 0) is 48.5 Å². The van der Waals surface area contributed by atoms with Crippen molar-refractivity contribution in [2.75, 3.05) is 46.4 Å². The van der Waals surface area contributed by atoms with E-state index in [0.717, 1.165) is 43.1 Å². The minimum atomic E-state index is -0.0723. The molecule has 1 aliphatic rings. The molecule has 0 unspecified atom stereocenters. The van der Waals surface area contributed by atoms with Crippen LogP contribution in [-0.4, -0.2) is 62.1 Å². The number of hydrogen-bond donors (Lipinski definition) is 1. The van der Waals surface area contributed by atoms with Gasteiger partial charge < -0.3 is 15.0 Å². The summed E-state index contributed by atoms with van der Waals surface area (Å²) < 4.78 is 5.89. The van der Waals surface area contributed by atoms with E-state index < -0.39 is 0 Å². The lowest BCUT2D eigenvalue weighted by Crippen LogP contribution is -2.48. The molecule has 1 aromatic heterocycles. The van der Waals surface area contributed by atoms with Gasteiger partial charge in [0.05, 0.1) is 6.04 Å². The van der Waals surface area contributed by atoms with Gasteiger partial charge in [0.2, 0.25) is 0 Å². The number of piperazine rings is 1. The van der Waals surface area contributed by atoms with Crippen LogP contribution in [0.2, 0.25) is 0 Å². The normalized spacial score (nSPS) is 16.7. The molecule has 5 nitrogen and oxygen atoms in total. The lowest BCUT2D eigenvalue weighted by Gasteiger charge is -2.37. The third-order valence-electron chi connectivity index (χ3n) is 5.49. The molecule has 1 aromatic carbocycles. The standard InChI is InChI=1S/C23H33N3O2S/c1-17(2)19-8-7-18(3)14-21(19)28-16-23(27)24-15-20(22-6-5-13-29-22)26-11-9-25(4)10-12-26/h5-8,13-14,17,20H,9-12,15-16H2,1-4H3,(H,24,27)/t20-/m1/s1. The smallest absolute Gasteiger partial charge is 0.258 e. The fourth-order valence-corrected chi connectivity index (χ4v) is 4.53. The van der Waals surface area contributed by atoms with Gasteiger partial charge in [-0.3, -0.25) is 9.69 Å². The Kier molecular flexibility index (Phi) is 7.70. The Morgan fingerprint density at radius 1 is 1.21 bits per heavy atom. The molecule has 3 rings (SSSR count).